The Balaban J connectivity index is 2.16. The number of carbonyl (C=O) groups is 1. The fourth-order valence-electron chi connectivity index (χ4n) is 1.45. The summed E-state index contributed by atoms with van der Waals surface area (Å²) in [6, 6.07) is 4.77. The first kappa shape index (κ1) is 12.9. The summed E-state index contributed by atoms with van der Waals surface area (Å²) in [5.74, 6) is -0.153. The predicted molar refractivity (Wildman–Crippen MR) is 71.2 cm³/mol. The van der Waals surface area contributed by atoms with Crippen LogP contribution in [0.2, 0.25) is 5.02 Å². The van der Waals surface area contributed by atoms with Crippen molar-refractivity contribution in [2.45, 2.75) is 13.5 Å². The molecule has 1 aromatic carbocycles. The second-order valence-corrected chi connectivity index (χ2v) is 5.15. The van der Waals surface area contributed by atoms with Crippen molar-refractivity contribution in [2.75, 3.05) is 0 Å². The highest BCUT2D eigenvalue weighted by Gasteiger charge is 2.10. The second-order valence-electron chi connectivity index (χ2n) is 3.65. The number of nitrogens with zero attached hydrogens (tertiary/aromatic N) is 1. The van der Waals surface area contributed by atoms with Crippen molar-refractivity contribution in [1.82, 2.24) is 4.98 Å². The molecular formula is C12H11ClN2O2S. The van der Waals surface area contributed by atoms with Crippen molar-refractivity contribution < 1.29 is 9.53 Å². The van der Waals surface area contributed by atoms with Crippen LogP contribution in [0.15, 0.2) is 23.6 Å². The number of carbonyl (C=O) groups excluding carboxylic acids is 1. The highest BCUT2D eigenvalue weighted by atomic mass is 35.5. The average molecular weight is 283 g/mol. The topological polar surface area (TPSA) is 65.2 Å². The molecule has 0 aliphatic heterocycles. The van der Waals surface area contributed by atoms with Crippen LogP contribution in [0.5, 0.6) is 5.75 Å². The fourth-order valence-corrected chi connectivity index (χ4v) is 2.22. The van der Waals surface area contributed by atoms with E-state index < -0.39 is 5.91 Å². The lowest BCUT2D eigenvalue weighted by Gasteiger charge is -2.08. The third-order valence-electron chi connectivity index (χ3n) is 2.25. The number of benzene rings is 1. The Morgan fingerprint density at radius 1 is 1.56 bits per heavy atom. The Morgan fingerprint density at radius 2 is 2.33 bits per heavy atom. The number of hydrogen-bond donors (Lipinski definition) is 1. The first-order chi connectivity index (χ1) is 8.56. The lowest BCUT2D eigenvalue weighted by molar-refractivity contribution is 0.0996. The molecule has 0 saturated heterocycles. The molecule has 0 aliphatic rings. The van der Waals surface area contributed by atoms with Gasteiger partial charge in [-0.1, -0.05) is 11.6 Å². The molecule has 4 nitrogen and oxygen atoms in total. The van der Waals surface area contributed by atoms with Crippen LogP contribution < -0.4 is 10.5 Å². The van der Waals surface area contributed by atoms with E-state index >= 15 is 0 Å². The van der Waals surface area contributed by atoms with Gasteiger partial charge in [0, 0.05) is 10.4 Å². The molecule has 0 atom stereocenters. The number of rotatable bonds is 4. The van der Waals surface area contributed by atoms with E-state index in [4.69, 9.17) is 22.1 Å². The van der Waals surface area contributed by atoms with Gasteiger partial charge in [0.2, 0.25) is 0 Å². The number of amides is 1. The zero-order chi connectivity index (χ0) is 13.1. The Kier molecular flexibility index (Phi) is 3.84. The van der Waals surface area contributed by atoms with Crippen LogP contribution in [0.3, 0.4) is 0 Å². The molecule has 0 aliphatic carbocycles. The van der Waals surface area contributed by atoms with Gasteiger partial charge in [0.25, 0.3) is 5.91 Å². The lowest BCUT2D eigenvalue weighted by Crippen LogP contribution is -2.13. The van der Waals surface area contributed by atoms with E-state index in [0.717, 1.165) is 10.7 Å². The van der Waals surface area contributed by atoms with Gasteiger partial charge in [0.1, 0.15) is 12.4 Å². The number of thiazole rings is 1. The maximum absolute atomic E-state index is 11.3. The zero-order valence-corrected chi connectivity index (χ0v) is 11.2. The molecule has 1 aromatic heterocycles. The van der Waals surface area contributed by atoms with Gasteiger partial charge >= 0.3 is 0 Å². The molecule has 94 valence electrons. The monoisotopic (exact) mass is 282 g/mol. The second kappa shape index (κ2) is 5.37. The van der Waals surface area contributed by atoms with Gasteiger partial charge < -0.3 is 10.5 Å². The summed E-state index contributed by atoms with van der Waals surface area (Å²) >= 11 is 7.36. The summed E-state index contributed by atoms with van der Waals surface area (Å²) in [7, 11) is 0. The molecule has 2 rings (SSSR count). The van der Waals surface area contributed by atoms with Gasteiger partial charge in [-0.25, -0.2) is 4.98 Å². The van der Waals surface area contributed by atoms with Crippen LogP contribution in [0.1, 0.15) is 21.1 Å². The van der Waals surface area contributed by atoms with E-state index in [9.17, 15) is 4.79 Å². The van der Waals surface area contributed by atoms with Gasteiger partial charge in [-0.2, -0.15) is 0 Å². The quantitative estimate of drug-likeness (QED) is 0.938. The Hall–Kier alpha value is -1.59. The molecule has 0 bridgehead atoms. The van der Waals surface area contributed by atoms with Crippen LogP contribution in [0, 0.1) is 6.92 Å². The van der Waals surface area contributed by atoms with Gasteiger partial charge in [0.15, 0.2) is 0 Å². The van der Waals surface area contributed by atoms with Gasteiger partial charge in [-0.15, -0.1) is 11.3 Å². The summed E-state index contributed by atoms with van der Waals surface area (Å²) in [6.45, 7) is 2.22. The Labute approximate surface area is 113 Å². The molecule has 2 N–H and O–H groups in total. The van der Waals surface area contributed by atoms with Crippen molar-refractivity contribution >= 4 is 28.8 Å². The minimum absolute atomic E-state index is 0.273. The molecule has 0 spiro atoms. The first-order valence-electron chi connectivity index (χ1n) is 5.19. The van der Waals surface area contributed by atoms with Crippen molar-refractivity contribution in [3.8, 4) is 5.75 Å². The number of halogens is 1. The van der Waals surface area contributed by atoms with E-state index in [1.54, 1.807) is 23.5 Å². The third kappa shape index (κ3) is 3.00. The van der Waals surface area contributed by atoms with Crippen molar-refractivity contribution in [1.29, 1.82) is 0 Å². The largest absolute Gasteiger partial charge is 0.486 e. The van der Waals surface area contributed by atoms with Crippen LogP contribution >= 0.6 is 22.9 Å². The minimum atomic E-state index is -0.568. The van der Waals surface area contributed by atoms with Crippen molar-refractivity contribution in [3.05, 3.63) is 44.9 Å². The summed E-state index contributed by atoms with van der Waals surface area (Å²) in [5, 5.41) is 3.33. The molecule has 2 aromatic rings. The van der Waals surface area contributed by atoms with Gasteiger partial charge in [-0.3, -0.25) is 4.79 Å². The Bertz CT molecular complexity index is 583. The molecule has 1 heterocycles. The summed E-state index contributed by atoms with van der Waals surface area (Å²) in [6.07, 6.45) is 0. The van der Waals surface area contributed by atoms with Crippen LogP contribution in [0.25, 0.3) is 0 Å². The first-order valence-corrected chi connectivity index (χ1v) is 6.45. The summed E-state index contributed by atoms with van der Waals surface area (Å²) < 4.78 is 5.54. The lowest BCUT2D eigenvalue weighted by atomic mass is 10.2. The normalized spacial score (nSPS) is 10.3. The van der Waals surface area contributed by atoms with Crippen molar-refractivity contribution in [3.63, 3.8) is 0 Å². The highest BCUT2D eigenvalue weighted by molar-refractivity contribution is 7.09. The molecule has 0 fully saturated rings. The third-order valence-corrected chi connectivity index (χ3v) is 3.31. The standard InChI is InChI=1S/C12H11ClN2O2S/c1-7-15-9(6-18-7)5-17-11-3-2-8(13)4-10(11)12(14)16/h2-4,6H,5H2,1H3,(H2,14,16). The van der Waals surface area contributed by atoms with Crippen LogP contribution in [-0.4, -0.2) is 10.9 Å². The SMILES string of the molecule is Cc1nc(COc2ccc(Cl)cc2C(N)=O)cs1. The zero-order valence-electron chi connectivity index (χ0n) is 9.64. The smallest absolute Gasteiger partial charge is 0.252 e. The fraction of sp³-hybridized carbons (Fsp3) is 0.167. The number of ether oxygens (including phenoxy) is 1. The number of hydrogen-bond acceptors (Lipinski definition) is 4. The average Bonchev–Trinajstić information content (AvgIpc) is 2.73. The number of primary amides is 1. The highest BCUT2D eigenvalue weighted by Crippen LogP contribution is 2.23. The molecule has 6 heteroatoms. The van der Waals surface area contributed by atoms with Gasteiger partial charge in [-0.05, 0) is 25.1 Å². The Morgan fingerprint density at radius 3 is 2.94 bits per heavy atom. The molecule has 18 heavy (non-hydrogen) atoms. The maximum Gasteiger partial charge on any atom is 0.252 e. The number of aryl methyl sites for hydroxylation is 1. The van der Waals surface area contributed by atoms with Crippen molar-refractivity contribution in [2.24, 2.45) is 5.73 Å². The molecule has 0 saturated carbocycles. The van der Waals surface area contributed by atoms with Crippen LogP contribution in [-0.2, 0) is 6.61 Å². The minimum Gasteiger partial charge on any atom is -0.486 e. The molecule has 0 unspecified atom stereocenters. The molecule has 0 radical (unpaired) electrons. The molecular weight excluding hydrogens is 272 g/mol. The van der Waals surface area contributed by atoms with E-state index in [2.05, 4.69) is 4.98 Å². The van der Waals surface area contributed by atoms with E-state index in [0.29, 0.717) is 17.4 Å². The van der Waals surface area contributed by atoms with E-state index in [1.165, 1.54) is 6.07 Å². The van der Waals surface area contributed by atoms with E-state index in [-0.39, 0.29) is 5.56 Å². The van der Waals surface area contributed by atoms with E-state index in [1.807, 2.05) is 12.3 Å². The maximum atomic E-state index is 11.3. The predicted octanol–water partition coefficient (Wildman–Crippen LogP) is 2.78. The number of nitrogens with two attached hydrogens (primary N) is 1. The van der Waals surface area contributed by atoms with Gasteiger partial charge in [0.05, 0.1) is 16.3 Å². The summed E-state index contributed by atoms with van der Waals surface area (Å²) in [5.41, 5.74) is 6.36. The molecule has 1 amide bonds. The summed E-state index contributed by atoms with van der Waals surface area (Å²) in [4.78, 5) is 15.5. The van der Waals surface area contributed by atoms with Crippen LogP contribution in [0.4, 0.5) is 0 Å². The number of aromatic nitrogens is 1.